The lowest BCUT2D eigenvalue weighted by Crippen LogP contribution is -2.15. The maximum Gasteiger partial charge on any atom is 0.513 e. The zero-order valence-corrected chi connectivity index (χ0v) is 22.3. The second-order valence-corrected chi connectivity index (χ2v) is 9.81. The molecule has 0 saturated heterocycles. The minimum atomic E-state index is -0.743. The van der Waals surface area contributed by atoms with Crippen LogP contribution in [0.5, 0.6) is 11.5 Å². The summed E-state index contributed by atoms with van der Waals surface area (Å²) >= 11 is 0. The van der Waals surface area contributed by atoms with E-state index in [9.17, 15) is 9.59 Å². The van der Waals surface area contributed by atoms with Gasteiger partial charge in [0.15, 0.2) is 11.5 Å². The van der Waals surface area contributed by atoms with Crippen LogP contribution in [-0.2, 0) is 22.3 Å². The number of rotatable bonds is 10. The molecule has 36 heavy (non-hydrogen) atoms. The van der Waals surface area contributed by atoms with Gasteiger partial charge in [0, 0.05) is 21.5 Å². The molecule has 3 aromatic rings. The van der Waals surface area contributed by atoms with Crippen molar-refractivity contribution in [1.82, 2.24) is 0 Å². The number of carbonyl (C=O) groups is 2. The van der Waals surface area contributed by atoms with Crippen molar-refractivity contribution in [3.63, 3.8) is 0 Å². The Morgan fingerprint density at radius 2 is 1.06 bits per heavy atom. The third-order valence-corrected chi connectivity index (χ3v) is 6.21. The highest BCUT2D eigenvalue weighted by atomic mass is 16.7. The van der Waals surface area contributed by atoms with Crippen molar-refractivity contribution >= 4 is 33.9 Å². The minimum Gasteiger partial charge on any atom is -0.434 e. The van der Waals surface area contributed by atoms with E-state index in [0.29, 0.717) is 46.9 Å². The summed E-state index contributed by atoms with van der Waals surface area (Å²) in [4.78, 5) is 25.4. The fraction of sp³-hybridized carbons (Fsp3) is 0.467. The Morgan fingerprint density at radius 1 is 0.667 bits per heavy atom. The molecule has 0 radical (unpaired) electrons. The Morgan fingerprint density at radius 3 is 1.39 bits per heavy atom. The van der Waals surface area contributed by atoms with Gasteiger partial charge in [-0.1, -0.05) is 77.9 Å². The first kappa shape index (κ1) is 27.3. The fourth-order valence-corrected chi connectivity index (χ4v) is 4.17. The lowest BCUT2D eigenvalue weighted by molar-refractivity contribution is 0.0940. The third kappa shape index (κ3) is 6.48. The van der Waals surface area contributed by atoms with E-state index in [4.69, 9.17) is 18.9 Å². The molecule has 0 heterocycles. The van der Waals surface area contributed by atoms with Crippen molar-refractivity contribution in [3.05, 3.63) is 47.5 Å². The smallest absolute Gasteiger partial charge is 0.434 e. The number of ether oxygens (including phenoxy) is 4. The average molecular weight is 495 g/mol. The molecule has 0 atom stereocenters. The van der Waals surface area contributed by atoms with E-state index < -0.39 is 12.3 Å². The van der Waals surface area contributed by atoms with Gasteiger partial charge < -0.3 is 18.9 Å². The fourth-order valence-electron chi connectivity index (χ4n) is 4.17. The van der Waals surface area contributed by atoms with Gasteiger partial charge in [-0.25, -0.2) is 9.59 Å². The molecular weight excluding hydrogens is 456 g/mol. The van der Waals surface area contributed by atoms with Gasteiger partial charge >= 0.3 is 12.3 Å². The molecule has 0 unspecified atom stereocenters. The van der Waals surface area contributed by atoms with E-state index >= 15 is 0 Å². The summed E-state index contributed by atoms with van der Waals surface area (Å²) in [5.74, 6) is 1.66. The molecule has 194 valence electrons. The summed E-state index contributed by atoms with van der Waals surface area (Å²) in [6.07, 6.45) is 1.42. The SMILES string of the molecule is CCc1cccc2c(OC(=O)OCCC(C)C)c3c(CC)cccc3c(OC(=O)OCCC(C)C)c12. The molecular formula is C30H38O6. The average Bonchev–Trinajstić information content (AvgIpc) is 2.84. The van der Waals surface area contributed by atoms with Crippen LogP contribution in [0.3, 0.4) is 0 Å². The van der Waals surface area contributed by atoms with Crippen LogP contribution in [0.4, 0.5) is 9.59 Å². The van der Waals surface area contributed by atoms with Gasteiger partial charge in [0.05, 0.1) is 13.2 Å². The second-order valence-electron chi connectivity index (χ2n) is 9.81. The van der Waals surface area contributed by atoms with Gasteiger partial charge in [0.25, 0.3) is 0 Å². The van der Waals surface area contributed by atoms with E-state index in [0.717, 1.165) is 34.7 Å². The van der Waals surface area contributed by atoms with Crippen molar-refractivity contribution in [3.8, 4) is 11.5 Å². The van der Waals surface area contributed by atoms with E-state index in [1.807, 2.05) is 50.2 Å². The summed E-state index contributed by atoms with van der Waals surface area (Å²) in [6.45, 7) is 12.9. The number of carbonyl (C=O) groups excluding carboxylic acids is 2. The number of benzene rings is 3. The van der Waals surface area contributed by atoms with Crippen LogP contribution >= 0.6 is 0 Å². The van der Waals surface area contributed by atoms with E-state index in [2.05, 4.69) is 27.7 Å². The molecule has 0 spiro atoms. The van der Waals surface area contributed by atoms with Crippen LogP contribution < -0.4 is 9.47 Å². The predicted octanol–water partition coefficient (Wildman–Crippen LogP) is 8.24. The Labute approximate surface area is 213 Å². The summed E-state index contributed by atoms with van der Waals surface area (Å²) < 4.78 is 22.5. The molecule has 0 N–H and O–H groups in total. The summed E-state index contributed by atoms with van der Waals surface area (Å²) in [5, 5.41) is 2.83. The van der Waals surface area contributed by atoms with Crippen molar-refractivity contribution in [2.24, 2.45) is 11.8 Å². The number of hydrogen-bond acceptors (Lipinski definition) is 6. The van der Waals surface area contributed by atoms with Gasteiger partial charge in [-0.2, -0.15) is 0 Å². The standard InChI is InChI=1S/C30H38O6/c1-7-21-11-9-13-23-25(21)27(35-29(31)33-17-15-19(3)4)24-14-10-12-22(8-2)26(24)28(23)36-30(32)34-18-16-20(5)6/h9-14,19-20H,7-8,15-18H2,1-6H3. The normalized spacial score (nSPS) is 11.3. The van der Waals surface area contributed by atoms with Gasteiger partial charge in [-0.15, -0.1) is 0 Å². The summed E-state index contributed by atoms with van der Waals surface area (Å²) in [5.41, 5.74) is 1.94. The molecule has 0 aliphatic rings. The highest BCUT2D eigenvalue weighted by Gasteiger charge is 2.24. The quantitative estimate of drug-likeness (QED) is 0.161. The molecule has 0 fully saturated rings. The Hall–Kier alpha value is -3.28. The van der Waals surface area contributed by atoms with Gasteiger partial charge in [-0.05, 0) is 48.6 Å². The molecule has 3 aromatic carbocycles. The van der Waals surface area contributed by atoms with Crippen molar-refractivity contribution in [2.75, 3.05) is 13.2 Å². The predicted molar refractivity (Wildman–Crippen MR) is 143 cm³/mol. The zero-order valence-electron chi connectivity index (χ0n) is 22.3. The third-order valence-electron chi connectivity index (χ3n) is 6.21. The van der Waals surface area contributed by atoms with Gasteiger partial charge in [0.2, 0.25) is 0 Å². The number of hydrogen-bond donors (Lipinski definition) is 0. The Bertz CT molecular complexity index is 1120. The second kappa shape index (κ2) is 12.6. The highest BCUT2D eigenvalue weighted by molar-refractivity contribution is 6.14. The molecule has 3 rings (SSSR count). The summed E-state index contributed by atoms with van der Waals surface area (Å²) in [7, 11) is 0. The number of aryl methyl sites for hydroxylation is 2. The van der Waals surface area contributed by atoms with Crippen molar-refractivity contribution in [1.29, 1.82) is 0 Å². The molecule has 0 bridgehead atoms. The van der Waals surface area contributed by atoms with E-state index in [1.165, 1.54) is 0 Å². The molecule has 6 heteroatoms. The van der Waals surface area contributed by atoms with Crippen LogP contribution in [0, 0.1) is 11.8 Å². The highest BCUT2D eigenvalue weighted by Crippen LogP contribution is 2.46. The Kier molecular flexibility index (Phi) is 9.57. The first-order chi connectivity index (χ1) is 17.3. The first-order valence-corrected chi connectivity index (χ1v) is 12.9. The lowest BCUT2D eigenvalue weighted by Gasteiger charge is -2.19. The molecule has 0 aliphatic carbocycles. The molecule has 0 amide bonds. The van der Waals surface area contributed by atoms with Crippen LogP contribution in [0.1, 0.15) is 65.5 Å². The maximum absolute atomic E-state index is 12.7. The topological polar surface area (TPSA) is 71.1 Å². The van der Waals surface area contributed by atoms with Gasteiger partial charge in [-0.3, -0.25) is 0 Å². The van der Waals surface area contributed by atoms with Crippen molar-refractivity contribution in [2.45, 2.75) is 67.2 Å². The monoisotopic (exact) mass is 494 g/mol. The number of fused-ring (bicyclic) bond motifs is 2. The largest absolute Gasteiger partial charge is 0.513 e. The van der Waals surface area contributed by atoms with E-state index in [1.54, 1.807) is 0 Å². The molecule has 6 nitrogen and oxygen atoms in total. The molecule has 0 saturated carbocycles. The lowest BCUT2D eigenvalue weighted by atomic mass is 9.93. The van der Waals surface area contributed by atoms with Crippen LogP contribution in [-0.4, -0.2) is 25.5 Å². The maximum atomic E-state index is 12.7. The summed E-state index contributed by atoms with van der Waals surface area (Å²) in [6, 6.07) is 11.6. The zero-order chi connectivity index (χ0) is 26.2. The molecule has 0 aromatic heterocycles. The van der Waals surface area contributed by atoms with Gasteiger partial charge in [0.1, 0.15) is 0 Å². The van der Waals surface area contributed by atoms with E-state index in [-0.39, 0.29) is 13.2 Å². The first-order valence-electron chi connectivity index (χ1n) is 12.9. The Balaban J connectivity index is 2.16. The van der Waals surface area contributed by atoms with Crippen LogP contribution in [0.2, 0.25) is 0 Å². The van der Waals surface area contributed by atoms with Crippen molar-refractivity contribution < 1.29 is 28.5 Å². The van der Waals surface area contributed by atoms with Crippen LogP contribution in [0.15, 0.2) is 36.4 Å². The van der Waals surface area contributed by atoms with Crippen LogP contribution in [0.25, 0.3) is 21.5 Å². The molecule has 0 aliphatic heterocycles. The minimum absolute atomic E-state index is 0.288.